The summed E-state index contributed by atoms with van der Waals surface area (Å²) in [5.74, 6) is 0.282. The van der Waals surface area contributed by atoms with Crippen LogP contribution in [0.4, 0.5) is 11.5 Å². The highest BCUT2D eigenvalue weighted by Gasteiger charge is 2.22. The van der Waals surface area contributed by atoms with Gasteiger partial charge in [-0.1, -0.05) is 0 Å². The third-order valence-electron chi connectivity index (χ3n) is 3.09. The summed E-state index contributed by atoms with van der Waals surface area (Å²) in [6.45, 7) is 5.05. The van der Waals surface area contributed by atoms with E-state index in [0.29, 0.717) is 11.7 Å². The molecular weight excluding hydrogens is 190 g/mol. The molecule has 4 heteroatoms. The zero-order chi connectivity index (χ0) is 11.0. The van der Waals surface area contributed by atoms with Crippen LogP contribution in [0.2, 0.25) is 0 Å². The molecule has 1 atom stereocenters. The van der Waals surface area contributed by atoms with E-state index in [-0.39, 0.29) is 5.82 Å². The van der Waals surface area contributed by atoms with Crippen LogP contribution in [0, 0.1) is 12.1 Å². The fraction of sp³-hybridized carbons (Fsp3) is 0.545. The van der Waals surface area contributed by atoms with Gasteiger partial charge in [-0.25, -0.2) is 4.73 Å². The molecule has 1 saturated heterocycles. The molecule has 1 aromatic heterocycles. The van der Waals surface area contributed by atoms with Crippen molar-refractivity contribution in [3.63, 3.8) is 0 Å². The molecule has 0 spiro atoms. The van der Waals surface area contributed by atoms with Crippen LogP contribution >= 0.6 is 0 Å². The van der Waals surface area contributed by atoms with E-state index in [1.54, 1.807) is 13.0 Å². The van der Waals surface area contributed by atoms with Crippen LogP contribution in [-0.2, 0) is 0 Å². The minimum absolute atomic E-state index is 0.282. The van der Waals surface area contributed by atoms with Crippen LogP contribution in [0.15, 0.2) is 12.1 Å². The first-order valence-corrected chi connectivity index (χ1v) is 5.36. The Morgan fingerprint density at radius 2 is 2.27 bits per heavy atom. The van der Waals surface area contributed by atoms with Gasteiger partial charge in [-0.3, -0.25) is 5.73 Å². The summed E-state index contributed by atoms with van der Waals surface area (Å²) in [5.41, 5.74) is 7.39. The molecule has 1 aromatic rings. The second-order valence-electron chi connectivity index (χ2n) is 4.26. The summed E-state index contributed by atoms with van der Waals surface area (Å²) in [6, 6.07) is 4.22. The number of hydrogen-bond acceptors (Lipinski definition) is 3. The highest BCUT2D eigenvalue weighted by Crippen LogP contribution is 2.26. The van der Waals surface area contributed by atoms with Gasteiger partial charge in [-0.2, -0.15) is 0 Å². The van der Waals surface area contributed by atoms with Crippen molar-refractivity contribution in [1.82, 2.24) is 0 Å². The van der Waals surface area contributed by atoms with E-state index < -0.39 is 0 Å². The Bertz CT molecular complexity index is 355. The maximum Gasteiger partial charge on any atom is 0.277 e. The molecule has 2 rings (SSSR count). The van der Waals surface area contributed by atoms with Gasteiger partial charge in [0.2, 0.25) is 0 Å². The summed E-state index contributed by atoms with van der Waals surface area (Å²) in [5, 5.41) is 11.4. The van der Waals surface area contributed by atoms with Gasteiger partial charge in [0.25, 0.3) is 5.82 Å². The van der Waals surface area contributed by atoms with Crippen molar-refractivity contribution in [2.75, 3.05) is 17.2 Å². The summed E-state index contributed by atoms with van der Waals surface area (Å²) >= 11 is 0. The lowest BCUT2D eigenvalue weighted by molar-refractivity contribution is -0.596. The van der Waals surface area contributed by atoms with Gasteiger partial charge in [0.15, 0.2) is 0 Å². The van der Waals surface area contributed by atoms with Gasteiger partial charge in [0.05, 0.1) is 6.07 Å². The molecular formula is C11H17N3O. The van der Waals surface area contributed by atoms with E-state index >= 15 is 0 Å². The molecule has 0 bridgehead atoms. The van der Waals surface area contributed by atoms with E-state index in [9.17, 15) is 5.21 Å². The summed E-state index contributed by atoms with van der Waals surface area (Å²) in [6.07, 6.45) is 2.43. The molecule has 4 nitrogen and oxygen atoms in total. The highest BCUT2D eigenvalue weighted by molar-refractivity contribution is 5.52. The van der Waals surface area contributed by atoms with Gasteiger partial charge in [-0.15, -0.1) is 0 Å². The van der Waals surface area contributed by atoms with Crippen molar-refractivity contribution in [3.05, 3.63) is 23.0 Å². The fourth-order valence-electron chi connectivity index (χ4n) is 2.21. The lowest BCUT2D eigenvalue weighted by Gasteiger charge is -2.24. The average Bonchev–Trinajstić information content (AvgIpc) is 2.60. The van der Waals surface area contributed by atoms with Crippen LogP contribution in [0.5, 0.6) is 0 Å². The predicted molar refractivity (Wildman–Crippen MR) is 60.6 cm³/mol. The largest absolute Gasteiger partial charge is 0.710 e. The second-order valence-corrected chi connectivity index (χ2v) is 4.26. The number of aryl methyl sites for hydroxylation is 1. The summed E-state index contributed by atoms with van der Waals surface area (Å²) in [4.78, 5) is 2.31. The van der Waals surface area contributed by atoms with Crippen molar-refractivity contribution < 1.29 is 4.73 Å². The van der Waals surface area contributed by atoms with Crippen molar-refractivity contribution in [1.29, 1.82) is 0 Å². The van der Waals surface area contributed by atoms with Crippen LogP contribution < -0.4 is 15.4 Å². The first-order valence-electron chi connectivity index (χ1n) is 5.36. The molecule has 2 heterocycles. The Balaban J connectivity index is 2.36. The Morgan fingerprint density at radius 3 is 2.80 bits per heavy atom. The minimum Gasteiger partial charge on any atom is -0.710 e. The molecule has 1 aliphatic heterocycles. The summed E-state index contributed by atoms with van der Waals surface area (Å²) < 4.78 is 0.768. The number of pyridine rings is 1. The average molecular weight is 207 g/mol. The predicted octanol–water partition coefficient (Wildman–Crippen LogP) is 1.20. The Morgan fingerprint density at radius 1 is 1.53 bits per heavy atom. The smallest absolute Gasteiger partial charge is 0.277 e. The number of aromatic nitrogens is 1. The molecule has 0 radical (unpaired) electrons. The molecule has 0 aliphatic carbocycles. The van der Waals surface area contributed by atoms with Crippen LogP contribution in [0.25, 0.3) is 0 Å². The third kappa shape index (κ3) is 1.71. The lowest BCUT2D eigenvalue weighted by Crippen LogP contribution is -2.35. The summed E-state index contributed by atoms with van der Waals surface area (Å²) in [7, 11) is 0. The number of nitrogens with two attached hydrogens (primary N) is 1. The first-order chi connectivity index (χ1) is 7.09. The maximum atomic E-state index is 11.4. The Kier molecular flexibility index (Phi) is 2.42. The van der Waals surface area contributed by atoms with Gasteiger partial charge in [0, 0.05) is 24.3 Å². The van der Waals surface area contributed by atoms with Gasteiger partial charge < -0.3 is 10.1 Å². The Labute approximate surface area is 89.9 Å². The highest BCUT2D eigenvalue weighted by atomic mass is 16.5. The lowest BCUT2D eigenvalue weighted by atomic mass is 10.2. The van der Waals surface area contributed by atoms with Crippen LogP contribution in [0.3, 0.4) is 0 Å². The fourth-order valence-corrected chi connectivity index (χ4v) is 2.21. The topological polar surface area (TPSA) is 56.2 Å². The number of nitrogen functional groups attached to an aromatic ring is 1. The molecule has 1 fully saturated rings. The molecule has 15 heavy (non-hydrogen) atoms. The molecule has 0 saturated carbocycles. The zero-order valence-electron chi connectivity index (χ0n) is 9.23. The Hall–Kier alpha value is -1.45. The normalized spacial score (nSPS) is 20.9. The molecule has 1 unspecified atom stereocenters. The van der Waals surface area contributed by atoms with Crippen molar-refractivity contribution in [2.24, 2.45) is 0 Å². The monoisotopic (exact) mass is 207 g/mol. The van der Waals surface area contributed by atoms with Gasteiger partial charge in [0.1, 0.15) is 5.69 Å². The molecule has 1 aliphatic rings. The quantitative estimate of drug-likeness (QED) is 0.556. The number of anilines is 2. The van der Waals surface area contributed by atoms with E-state index in [0.717, 1.165) is 17.0 Å². The van der Waals surface area contributed by atoms with Crippen LogP contribution in [-0.4, -0.2) is 12.6 Å². The minimum atomic E-state index is 0.282. The number of rotatable bonds is 1. The van der Waals surface area contributed by atoms with Gasteiger partial charge >= 0.3 is 0 Å². The van der Waals surface area contributed by atoms with Crippen molar-refractivity contribution >= 4 is 11.5 Å². The number of hydrogen-bond donors (Lipinski definition) is 1. The molecule has 2 N–H and O–H groups in total. The van der Waals surface area contributed by atoms with E-state index in [1.165, 1.54) is 12.8 Å². The SMILES string of the molecule is Cc1cc(N2CCCC2C)cc(N)[n+]1[O-]. The number of nitrogens with zero attached hydrogens (tertiary/aromatic N) is 2. The standard InChI is InChI=1S/C11H17N3O/c1-8-4-3-5-13(8)10-6-9(2)14(15)11(12)7-10/h6-8H,3-5,12H2,1-2H3. The van der Waals surface area contributed by atoms with Crippen molar-refractivity contribution in [2.45, 2.75) is 32.7 Å². The maximum absolute atomic E-state index is 11.4. The van der Waals surface area contributed by atoms with E-state index in [4.69, 9.17) is 5.73 Å². The van der Waals surface area contributed by atoms with E-state index in [1.807, 2.05) is 6.07 Å². The molecule has 0 aromatic carbocycles. The van der Waals surface area contributed by atoms with Crippen LogP contribution in [0.1, 0.15) is 25.5 Å². The second kappa shape index (κ2) is 3.61. The van der Waals surface area contributed by atoms with E-state index in [2.05, 4.69) is 11.8 Å². The van der Waals surface area contributed by atoms with Gasteiger partial charge in [-0.05, 0) is 26.7 Å². The molecule has 82 valence electrons. The third-order valence-corrected chi connectivity index (χ3v) is 3.09. The molecule has 0 amide bonds. The van der Waals surface area contributed by atoms with Crippen molar-refractivity contribution in [3.8, 4) is 0 Å². The first kappa shape index (κ1) is 10.1. The zero-order valence-corrected chi connectivity index (χ0v) is 9.23.